The number of rotatable bonds is 1. The lowest BCUT2D eigenvalue weighted by Crippen LogP contribution is -2.32. The van der Waals surface area contributed by atoms with E-state index in [0.717, 1.165) is 0 Å². The Hall–Kier alpha value is -0.160. The number of ether oxygens (including phenoxy) is 1. The molecule has 4 atom stereocenters. The van der Waals surface area contributed by atoms with Crippen LogP contribution in [0.4, 0.5) is 0 Å². The molecule has 3 N–H and O–H groups in total. The Morgan fingerprint density at radius 2 is 2.10 bits per heavy atom. The van der Waals surface area contributed by atoms with Crippen molar-refractivity contribution in [2.45, 2.75) is 37.9 Å². The molecule has 1 saturated heterocycles. The molecule has 1 fully saturated rings. The van der Waals surface area contributed by atoms with Gasteiger partial charge in [0.2, 0.25) is 0 Å². The molecule has 10 heavy (non-hydrogen) atoms. The Morgan fingerprint density at radius 1 is 1.50 bits per heavy atom. The van der Waals surface area contributed by atoms with Crippen molar-refractivity contribution in [1.29, 1.82) is 0 Å². The highest BCUT2D eigenvalue weighted by molar-refractivity contribution is 4.80. The van der Waals surface area contributed by atoms with Gasteiger partial charge in [0.1, 0.15) is 6.10 Å². The fourth-order valence-electron chi connectivity index (χ4n) is 1.10. The van der Waals surface area contributed by atoms with Crippen LogP contribution in [-0.2, 0) is 4.74 Å². The van der Waals surface area contributed by atoms with E-state index in [0.29, 0.717) is 0 Å². The average molecular weight is 148 g/mol. The van der Waals surface area contributed by atoms with Crippen LogP contribution in [0.5, 0.6) is 0 Å². The van der Waals surface area contributed by atoms with Gasteiger partial charge in [-0.05, 0) is 6.92 Å². The Balaban J connectivity index is 2.46. The first-order valence-electron chi connectivity index (χ1n) is 3.31. The molecular formula is C6H12O4. The largest absolute Gasteiger partial charge is 0.391 e. The minimum Gasteiger partial charge on any atom is -0.391 e. The smallest absolute Gasteiger partial charge is 0.157 e. The summed E-state index contributed by atoms with van der Waals surface area (Å²) < 4.78 is 4.79. The van der Waals surface area contributed by atoms with Crippen LogP contribution in [0, 0.1) is 0 Å². The fraction of sp³-hybridized carbons (Fsp3) is 1.00. The lowest BCUT2D eigenvalue weighted by molar-refractivity contribution is -0.125. The van der Waals surface area contributed by atoms with Crippen molar-refractivity contribution < 1.29 is 20.1 Å². The molecule has 0 amide bonds. The predicted octanol–water partition coefficient (Wildman–Crippen LogP) is -1.16. The minimum atomic E-state index is -0.922. The van der Waals surface area contributed by atoms with Gasteiger partial charge in [-0.1, -0.05) is 0 Å². The van der Waals surface area contributed by atoms with E-state index in [4.69, 9.17) is 20.1 Å². The van der Waals surface area contributed by atoms with Crippen molar-refractivity contribution in [1.82, 2.24) is 0 Å². The lowest BCUT2D eigenvalue weighted by Gasteiger charge is -2.15. The fourth-order valence-corrected chi connectivity index (χ4v) is 1.10. The monoisotopic (exact) mass is 148 g/mol. The molecule has 0 aromatic rings. The van der Waals surface area contributed by atoms with Gasteiger partial charge >= 0.3 is 0 Å². The first-order chi connectivity index (χ1) is 4.61. The second kappa shape index (κ2) is 2.84. The van der Waals surface area contributed by atoms with Crippen LogP contribution < -0.4 is 0 Å². The topological polar surface area (TPSA) is 69.9 Å². The van der Waals surface area contributed by atoms with Crippen molar-refractivity contribution >= 4 is 0 Å². The van der Waals surface area contributed by atoms with Crippen LogP contribution in [-0.4, -0.2) is 39.9 Å². The normalized spacial score (nSPS) is 43.8. The molecule has 0 aromatic carbocycles. The predicted molar refractivity (Wildman–Crippen MR) is 33.2 cm³/mol. The minimum absolute atomic E-state index is 0.190. The highest BCUT2D eigenvalue weighted by Crippen LogP contribution is 2.20. The van der Waals surface area contributed by atoms with Gasteiger partial charge in [-0.2, -0.15) is 0 Å². The SMILES string of the molecule is C[C@@H](O)[C@@H]1O[C@@H](O)C[C@H]1O. The molecule has 1 aliphatic rings. The summed E-state index contributed by atoms with van der Waals surface area (Å²) >= 11 is 0. The van der Waals surface area contributed by atoms with Gasteiger partial charge in [0.15, 0.2) is 6.29 Å². The van der Waals surface area contributed by atoms with Crippen LogP contribution in [0.3, 0.4) is 0 Å². The van der Waals surface area contributed by atoms with Gasteiger partial charge in [-0.25, -0.2) is 0 Å². The summed E-state index contributed by atoms with van der Waals surface area (Å²) in [7, 11) is 0. The molecule has 4 heteroatoms. The quantitative estimate of drug-likeness (QED) is 0.438. The maximum Gasteiger partial charge on any atom is 0.157 e. The summed E-state index contributed by atoms with van der Waals surface area (Å²) in [5.74, 6) is 0. The van der Waals surface area contributed by atoms with E-state index < -0.39 is 24.6 Å². The summed E-state index contributed by atoms with van der Waals surface area (Å²) in [5.41, 5.74) is 0. The standard InChI is InChI=1S/C6H12O4/c1-3(7)6-4(8)2-5(9)10-6/h3-9H,2H2,1H3/t3-,4-,5-,6+/m1/s1. The summed E-state index contributed by atoms with van der Waals surface area (Å²) in [6.07, 6.45) is -2.83. The van der Waals surface area contributed by atoms with Crippen LogP contribution in [0.25, 0.3) is 0 Å². The second-order valence-corrected chi connectivity index (χ2v) is 2.60. The van der Waals surface area contributed by atoms with Gasteiger partial charge in [0, 0.05) is 6.42 Å². The zero-order valence-electron chi connectivity index (χ0n) is 5.77. The molecule has 0 aromatic heterocycles. The number of hydrogen-bond acceptors (Lipinski definition) is 4. The third kappa shape index (κ3) is 1.46. The number of aliphatic hydroxyl groups excluding tert-OH is 3. The van der Waals surface area contributed by atoms with Gasteiger partial charge in [-0.15, -0.1) is 0 Å². The van der Waals surface area contributed by atoms with Gasteiger partial charge in [-0.3, -0.25) is 0 Å². The van der Waals surface area contributed by atoms with E-state index >= 15 is 0 Å². The zero-order valence-corrected chi connectivity index (χ0v) is 5.77. The molecule has 1 rings (SSSR count). The van der Waals surface area contributed by atoms with E-state index in [1.165, 1.54) is 6.92 Å². The molecule has 0 spiro atoms. The molecule has 0 saturated carbocycles. The maximum absolute atomic E-state index is 9.08. The molecule has 0 unspecified atom stereocenters. The molecule has 0 bridgehead atoms. The van der Waals surface area contributed by atoms with Crippen LogP contribution >= 0.6 is 0 Å². The molecule has 1 heterocycles. The van der Waals surface area contributed by atoms with Gasteiger partial charge < -0.3 is 20.1 Å². The number of aliphatic hydroxyl groups is 3. The van der Waals surface area contributed by atoms with Crippen molar-refractivity contribution in [2.24, 2.45) is 0 Å². The summed E-state index contributed by atoms with van der Waals surface area (Å²) in [5, 5.41) is 26.9. The van der Waals surface area contributed by atoms with E-state index in [9.17, 15) is 0 Å². The van der Waals surface area contributed by atoms with E-state index in [2.05, 4.69) is 0 Å². The van der Waals surface area contributed by atoms with E-state index in [-0.39, 0.29) is 6.42 Å². The first-order valence-corrected chi connectivity index (χ1v) is 3.31. The molecule has 60 valence electrons. The first kappa shape index (κ1) is 7.94. The summed E-state index contributed by atoms with van der Waals surface area (Å²) in [6.45, 7) is 1.52. The Kier molecular flexibility index (Phi) is 2.25. The van der Waals surface area contributed by atoms with Gasteiger partial charge in [0.25, 0.3) is 0 Å². The van der Waals surface area contributed by atoms with E-state index in [1.54, 1.807) is 0 Å². The van der Waals surface area contributed by atoms with Crippen molar-refractivity contribution in [3.63, 3.8) is 0 Å². The lowest BCUT2D eigenvalue weighted by atomic mass is 10.1. The molecule has 1 aliphatic heterocycles. The average Bonchev–Trinajstić information content (AvgIpc) is 2.10. The molecular weight excluding hydrogens is 136 g/mol. The maximum atomic E-state index is 9.08. The van der Waals surface area contributed by atoms with Crippen LogP contribution in [0.15, 0.2) is 0 Å². The molecule has 0 aliphatic carbocycles. The Labute approximate surface area is 59.1 Å². The molecule has 0 radical (unpaired) electrons. The summed E-state index contributed by atoms with van der Waals surface area (Å²) in [6, 6.07) is 0. The highest BCUT2D eigenvalue weighted by atomic mass is 16.6. The van der Waals surface area contributed by atoms with Crippen molar-refractivity contribution in [2.75, 3.05) is 0 Å². The summed E-state index contributed by atoms with van der Waals surface area (Å²) in [4.78, 5) is 0. The zero-order chi connectivity index (χ0) is 7.72. The number of hydrogen-bond donors (Lipinski definition) is 3. The van der Waals surface area contributed by atoms with Crippen LogP contribution in [0.2, 0.25) is 0 Å². The van der Waals surface area contributed by atoms with Crippen molar-refractivity contribution in [3.8, 4) is 0 Å². The Bertz CT molecular complexity index is 114. The highest BCUT2D eigenvalue weighted by Gasteiger charge is 2.35. The van der Waals surface area contributed by atoms with Crippen molar-refractivity contribution in [3.05, 3.63) is 0 Å². The third-order valence-electron chi connectivity index (χ3n) is 1.61. The van der Waals surface area contributed by atoms with E-state index in [1.807, 2.05) is 0 Å². The third-order valence-corrected chi connectivity index (χ3v) is 1.61. The van der Waals surface area contributed by atoms with Crippen LogP contribution in [0.1, 0.15) is 13.3 Å². The molecule has 4 nitrogen and oxygen atoms in total. The Morgan fingerprint density at radius 3 is 2.30 bits per heavy atom. The van der Waals surface area contributed by atoms with Gasteiger partial charge in [0.05, 0.1) is 12.2 Å². The second-order valence-electron chi connectivity index (χ2n) is 2.60.